The minimum Gasteiger partial charge on any atom is -0.497 e. The third-order valence-electron chi connectivity index (χ3n) is 5.14. The molecule has 156 valence electrons. The molecule has 2 amide bonds. The fraction of sp³-hybridized carbons (Fsp3) is 0.500. The second-order valence-corrected chi connectivity index (χ2v) is 7.05. The fourth-order valence-corrected chi connectivity index (χ4v) is 3.52. The second-order valence-electron chi connectivity index (χ2n) is 7.05. The number of hydrogen-bond donors (Lipinski definition) is 1. The number of hydrogen-bond acceptors (Lipinski definition) is 7. The van der Waals surface area contributed by atoms with Gasteiger partial charge in [0.05, 0.1) is 14.2 Å². The first-order chi connectivity index (χ1) is 14.1. The summed E-state index contributed by atoms with van der Waals surface area (Å²) in [5.41, 5.74) is 1.11. The average Bonchev–Trinajstić information content (AvgIpc) is 3.30. The van der Waals surface area contributed by atoms with Crippen molar-refractivity contribution in [2.45, 2.75) is 32.2 Å². The van der Waals surface area contributed by atoms with Crippen LogP contribution in [0.15, 0.2) is 29.0 Å². The molecule has 2 aromatic rings. The molecule has 0 aliphatic carbocycles. The number of carbonyl (C=O) groups is 2. The number of methoxy groups -OCH3 is 2. The molecular weight excluding hydrogens is 376 g/mol. The Kier molecular flexibility index (Phi) is 7.04. The number of nitrogens with zero attached hydrogens (tertiary/aromatic N) is 3. The molecule has 1 aliphatic rings. The minimum atomic E-state index is -0.174. The van der Waals surface area contributed by atoms with Crippen LogP contribution in [0.3, 0.4) is 0 Å². The topological polar surface area (TPSA) is 107 Å². The Morgan fingerprint density at radius 3 is 2.90 bits per heavy atom. The summed E-state index contributed by atoms with van der Waals surface area (Å²) >= 11 is 0. The van der Waals surface area contributed by atoms with Gasteiger partial charge in [0.25, 0.3) is 5.91 Å². The Morgan fingerprint density at radius 1 is 1.31 bits per heavy atom. The van der Waals surface area contributed by atoms with Crippen LogP contribution < -0.4 is 14.8 Å². The average molecular weight is 402 g/mol. The zero-order valence-corrected chi connectivity index (χ0v) is 16.7. The SMILES string of the molecule is COc1ccc(CNC(=O)CCC2CCCN(C(=O)c3cnon3)C2)c(OC)c1. The van der Waals surface area contributed by atoms with E-state index in [-0.39, 0.29) is 23.4 Å². The van der Waals surface area contributed by atoms with Crippen LogP contribution in [0.1, 0.15) is 41.7 Å². The van der Waals surface area contributed by atoms with Gasteiger partial charge >= 0.3 is 0 Å². The van der Waals surface area contributed by atoms with Crippen molar-refractivity contribution in [2.24, 2.45) is 5.92 Å². The summed E-state index contributed by atoms with van der Waals surface area (Å²) in [6, 6.07) is 5.50. The Hall–Kier alpha value is -3.10. The molecule has 9 nitrogen and oxygen atoms in total. The first-order valence-corrected chi connectivity index (χ1v) is 9.65. The molecular formula is C20H26N4O5. The normalized spacial score (nSPS) is 16.3. The van der Waals surface area contributed by atoms with Crippen molar-refractivity contribution in [3.05, 3.63) is 35.7 Å². The van der Waals surface area contributed by atoms with Gasteiger partial charge in [-0.1, -0.05) is 5.16 Å². The molecule has 1 atom stereocenters. The highest BCUT2D eigenvalue weighted by Gasteiger charge is 2.26. The maximum atomic E-state index is 12.4. The monoisotopic (exact) mass is 402 g/mol. The molecule has 0 bridgehead atoms. The fourth-order valence-electron chi connectivity index (χ4n) is 3.52. The third kappa shape index (κ3) is 5.46. The molecule has 29 heavy (non-hydrogen) atoms. The molecule has 1 fully saturated rings. The lowest BCUT2D eigenvalue weighted by atomic mass is 9.93. The van der Waals surface area contributed by atoms with E-state index < -0.39 is 0 Å². The number of piperidine rings is 1. The summed E-state index contributed by atoms with van der Waals surface area (Å²) in [4.78, 5) is 26.4. The van der Waals surface area contributed by atoms with Crippen LogP contribution in [-0.4, -0.2) is 54.3 Å². The van der Waals surface area contributed by atoms with E-state index in [9.17, 15) is 9.59 Å². The van der Waals surface area contributed by atoms with Gasteiger partial charge in [-0.2, -0.15) is 0 Å². The molecule has 9 heteroatoms. The molecule has 0 radical (unpaired) electrons. The molecule has 3 rings (SSSR count). The Balaban J connectivity index is 1.45. The van der Waals surface area contributed by atoms with Crippen LogP contribution in [0.2, 0.25) is 0 Å². The number of benzene rings is 1. The van der Waals surface area contributed by atoms with Crippen molar-refractivity contribution in [1.29, 1.82) is 0 Å². The van der Waals surface area contributed by atoms with Crippen LogP contribution in [-0.2, 0) is 11.3 Å². The molecule has 2 heterocycles. The van der Waals surface area contributed by atoms with E-state index in [1.807, 2.05) is 12.1 Å². The zero-order chi connectivity index (χ0) is 20.6. The predicted molar refractivity (Wildman–Crippen MR) is 104 cm³/mol. The highest BCUT2D eigenvalue weighted by Crippen LogP contribution is 2.25. The van der Waals surface area contributed by atoms with Crippen molar-refractivity contribution in [1.82, 2.24) is 20.5 Å². The van der Waals surface area contributed by atoms with Gasteiger partial charge < -0.3 is 19.7 Å². The minimum absolute atomic E-state index is 0.0213. The van der Waals surface area contributed by atoms with Gasteiger partial charge in [-0.05, 0) is 42.5 Å². The molecule has 1 aliphatic heterocycles. The van der Waals surface area contributed by atoms with Crippen molar-refractivity contribution < 1.29 is 23.7 Å². The first-order valence-electron chi connectivity index (χ1n) is 9.65. The lowest BCUT2D eigenvalue weighted by molar-refractivity contribution is -0.121. The molecule has 0 spiro atoms. The van der Waals surface area contributed by atoms with Crippen LogP contribution in [0, 0.1) is 5.92 Å². The quantitative estimate of drug-likeness (QED) is 0.720. The van der Waals surface area contributed by atoms with E-state index in [1.54, 1.807) is 25.2 Å². The van der Waals surface area contributed by atoms with Crippen molar-refractivity contribution >= 4 is 11.8 Å². The van der Waals surface area contributed by atoms with E-state index in [2.05, 4.69) is 20.3 Å². The number of nitrogens with one attached hydrogen (secondary N) is 1. The van der Waals surface area contributed by atoms with Crippen LogP contribution in [0.25, 0.3) is 0 Å². The molecule has 1 N–H and O–H groups in total. The maximum absolute atomic E-state index is 12.4. The van der Waals surface area contributed by atoms with Crippen LogP contribution >= 0.6 is 0 Å². The number of carbonyl (C=O) groups excluding carboxylic acids is 2. The van der Waals surface area contributed by atoms with E-state index in [0.717, 1.165) is 24.8 Å². The summed E-state index contributed by atoms with van der Waals surface area (Å²) in [5, 5.41) is 10.0. The van der Waals surface area contributed by atoms with Crippen molar-refractivity contribution in [2.75, 3.05) is 27.3 Å². The van der Waals surface area contributed by atoms with Gasteiger partial charge in [-0.25, -0.2) is 4.63 Å². The van der Waals surface area contributed by atoms with Crippen LogP contribution in [0.5, 0.6) is 11.5 Å². The Labute approximate surface area is 169 Å². The molecule has 0 saturated carbocycles. The van der Waals surface area contributed by atoms with Gasteiger partial charge in [0.15, 0.2) is 5.69 Å². The number of rotatable bonds is 8. The Bertz CT molecular complexity index is 824. The summed E-state index contributed by atoms with van der Waals surface area (Å²) in [6.07, 6.45) is 4.38. The highest BCUT2D eigenvalue weighted by atomic mass is 16.6. The maximum Gasteiger partial charge on any atom is 0.277 e. The largest absolute Gasteiger partial charge is 0.497 e. The summed E-state index contributed by atoms with van der Waals surface area (Å²) in [5.74, 6) is 1.47. The lowest BCUT2D eigenvalue weighted by Crippen LogP contribution is -2.40. The molecule has 1 unspecified atom stereocenters. The van der Waals surface area contributed by atoms with Gasteiger partial charge in [-0.15, -0.1) is 0 Å². The predicted octanol–water partition coefficient (Wildman–Crippen LogP) is 2.04. The van der Waals surface area contributed by atoms with E-state index in [0.29, 0.717) is 37.6 Å². The lowest BCUT2D eigenvalue weighted by Gasteiger charge is -2.32. The molecule has 1 aromatic heterocycles. The molecule has 1 aromatic carbocycles. The number of aromatic nitrogens is 2. The van der Waals surface area contributed by atoms with Gasteiger partial charge in [0.1, 0.15) is 17.7 Å². The smallest absolute Gasteiger partial charge is 0.277 e. The highest BCUT2D eigenvalue weighted by molar-refractivity contribution is 5.91. The number of likely N-dealkylation sites (tertiary alicyclic amines) is 1. The summed E-state index contributed by atoms with van der Waals surface area (Å²) < 4.78 is 15.0. The Morgan fingerprint density at radius 2 is 2.17 bits per heavy atom. The van der Waals surface area contributed by atoms with E-state index >= 15 is 0 Å². The van der Waals surface area contributed by atoms with Crippen molar-refractivity contribution in [3.63, 3.8) is 0 Å². The zero-order valence-electron chi connectivity index (χ0n) is 16.7. The summed E-state index contributed by atoms with van der Waals surface area (Å²) in [6.45, 7) is 1.69. The van der Waals surface area contributed by atoms with Gasteiger partial charge in [0, 0.05) is 37.7 Å². The van der Waals surface area contributed by atoms with E-state index in [1.165, 1.54) is 6.20 Å². The van der Waals surface area contributed by atoms with Gasteiger partial charge in [0.2, 0.25) is 5.91 Å². The standard InChI is InChI=1S/C20H26N4O5/c1-27-16-7-6-15(18(10-16)28-2)11-21-19(25)8-5-14-4-3-9-24(13-14)20(26)17-12-22-29-23-17/h6-7,10,12,14H,3-5,8-9,11,13H2,1-2H3,(H,21,25). The molecule has 1 saturated heterocycles. The number of amides is 2. The number of ether oxygens (including phenoxy) is 2. The summed E-state index contributed by atoms with van der Waals surface area (Å²) in [7, 11) is 3.18. The van der Waals surface area contributed by atoms with Crippen LogP contribution in [0.4, 0.5) is 0 Å². The van der Waals surface area contributed by atoms with Crippen molar-refractivity contribution in [3.8, 4) is 11.5 Å². The third-order valence-corrected chi connectivity index (χ3v) is 5.14. The van der Waals surface area contributed by atoms with E-state index in [4.69, 9.17) is 9.47 Å². The second kappa shape index (κ2) is 9.90. The first kappa shape index (κ1) is 20.6. The van der Waals surface area contributed by atoms with Gasteiger partial charge in [-0.3, -0.25) is 9.59 Å².